The largest absolute Gasteiger partial charge is 0.462 e. The van der Waals surface area contributed by atoms with E-state index in [2.05, 4.69) is 0 Å². The number of nitro benzene ring substituents is 1. The normalized spacial score (nSPS) is 10.5. The number of benzene rings is 1. The molecular formula is C16H18N2O4. The van der Waals surface area contributed by atoms with Crippen LogP contribution in [0.2, 0.25) is 0 Å². The van der Waals surface area contributed by atoms with Crippen LogP contribution in [0.4, 0.5) is 5.69 Å². The lowest BCUT2D eigenvalue weighted by atomic mass is 10.0. The summed E-state index contributed by atoms with van der Waals surface area (Å²) in [5.41, 5.74) is 3.77. The molecule has 22 heavy (non-hydrogen) atoms. The van der Waals surface area contributed by atoms with Crippen LogP contribution >= 0.6 is 0 Å². The molecule has 0 unspecified atom stereocenters. The van der Waals surface area contributed by atoms with E-state index in [-0.39, 0.29) is 11.7 Å². The highest BCUT2D eigenvalue weighted by atomic mass is 16.6. The highest BCUT2D eigenvalue weighted by Crippen LogP contribution is 2.33. The Hall–Kier alpha value is -2.63. The molecule has 0 amide bonds. The third-order valence-corrected chi connectivity index (χ3v) is 3.83. The van der Waals surface area contributed by atoms with E-state index in [1.165, 1.54) is 12.1 Å². The van der Waals surface area contributed by atoms with Gasteiger partial charge in [-0.25, -0.2) is 4.79 Å². The predicted molar refractivity (Wildman–Crippen MR) is 82.9 cm³/mol. The number of carbonyl (C=O) groups is 1. The van der Waals surface area contributed by atoms with Gasteiger partial charge in [0.25, 0.3) is 5.69 Å². The Kier molecular flexibility index (Phi) is 4.30. The molecule has 0 aliphatic carbocycles. The minimum Gasteiger partial charge on any atom is -0.462 e. The van der Waals surface area contributed by atoms with Gasteiger partial charge in [-0.05, 0) is 38.5 Å². The summed E-state index contributed by atoms with van der Waals surface area (Å²) < 4.78 is 7.06. The van der Waals surface area contributed by atoms with Crippen LogP contribution in [0.5, 0.6) is 0 Å². The van der Waals surface area contributed by atoms with Crippen molar-refractivity contribution < 1.29 is 14.5 Å². The number of rotatable bonds is 4. The van der Waals surface area contributed by atoms with E-state index in [1.807, 2.05) is 25.5 Å². The van der Waals surface area contributed by atoms with E-state index < -0.39 is 4.92 Å². The van der Waals surface area contributed by atoms with Gasteiger partial charge in [0.2, 0.25) is 0 Å². The summed E-state index contributed by atoms with van der Waals surface area (Å²) in [6, 6.07) is 6.18. The monoisotopic (exact) mass is 302 g/mol. The molecule has 0 saturated heterocycles. The van der Waals surface area contributed by atoms with Gasteiger partial charge in [-0.2, -0.15) is 0 Å². The average molecular weight is 302 g/mol. The summed E-state index contributed by atoms with van der Waals surface area (Å²) in [6.45, 7) is 5.82. The van der Waals surface area contributed by atoms with E-state index in [4.69, 9.17) is 4.74 Å². The summed E-state index contributed by atoms with van der Waals surface area (Å²) in [5.74, 6) is -0.378. The molecule has 0 N–H and O–H groups in total. The Bertz CT molecular complexity index is 730. The molecule has 1 heterocycles. The van der Waals surface area contributed by atoms with Gasteiger partial charge >= 0.3 is 5.97 Å². The number of carbonyl (C=O) groups excluding carboxylic acids is 1. The summed E-state index contributed by atoms with van der Waals surface area (Å²) in [4.78, 5) is 22.6. The number of aromatic nitrogens is 1. The van der Waals surface area contributed by atoms with Crippen molar-refractivity contribution in [3.63, 3.8) is 0 Å². The van der Waals surface area contributed by atoms with Crippen LogP contribution in [-0.2, 0) is 11.8 Å². The van der Waals surface area contributed by atoms with Crippen LogP contribution < -0.4 is 0 Å². The number of ether oxygens (including phenoxy) is 1. The molecule has 6 nitrogen and oxygen atoms in total. The van der Waals surface area contributed by atoms with Crippen molar-refractivity contribution in [3.05, 3.63) is 51.3 Å². The average Bonchev–Trinajstić information content (AvgIpc) is 2.72. The van der Waals surface area contributed by atoms with Crippen LogP contribution in [0, 0.1) is 24.0 Å². The van der Waals surface area contributed by atoms with Gasteiger partial charge in [-0.1, -0.05) is 0 Å². The lowest BCUT2D eigenvalue weighted by Crippen LogP contribution is -2.07. The second kappa shape index (κ2) is 6.01. The van der Waals surface area contributed by atoms with Gasteiger partial charge in [0.1, 0.15) is 0 Å². The van der Waals surface area contributed by atoms with Crippen molar-refractivity contribution in [1.29, 1.82) is 0 Å². The summed E-state index contributed by atoms with van der Waals surface area (Å²) in [5, 5.41) is 10.8. The molecule has 2 rings (SSSR count). The summed E-state index contributed by atoms with van der Waals surface area (Å²) >= 11 is 0. The zero-order chi connectivity index (χ0) is 16.4. The minimum absolute atomic E-state index is 0.0201. The van der Waals surface area contributed by atoms with Crippen molar-refractivity contribution in [3.8, 4) is 11.1 Å². The number of esters is 1. The van der Waals surface area contributed by atoms with E-state index in [0.717, 1.165) is 22.5 Å². The Morgan fingerprint density at radius 2 is 1.82 bits per heavy atom. The molecule has 1 aromatic heterocycles. The SMILES string of the molecule is CCOC(=O)c1c(-c2ccc([N+](=O)[O-])cc2)c(C)n(C)c1C. The molecule has 6 heteroatoms. The first-order chi connectivity index (χ1) is 10.4. The second-order valence-electron chi connectivity index (χ2n) is 5.00. The number of nitrogens with zero attached hydrogens (tertiary/aromatic N) is 2. The summed E-state index contributed by atoms with van der Waals surface area (Å²) in [6.07, 6.45) is 0. The first-order valence-electron chi connectivity index (χ1n) is 6.96. The molecule has 0 atom stereocenters. The standard InChI is InChI=1S/C16H18N2O4/c1-5-22-16(19)15-11(3)17(4)10(2)14(15)12-6-8-13(9-7-12)18(20)21/h6-9H,5H2,1-4H3. The Labute approximate surface area is 128 Å². The van der Waals surface area contributed by atoms with Crippen LogP contribution in [0.3, 0.4) is 0 Å². The number of non-ortho nitro benzene ring substituents is 1. The predicted octanol–water partition coefficient (Wildman–Crippen LogP) is 3.39. The van der Waals surface area contributed by atoms with E-state index >= 15 is 0 Å². The maximum atomic E-state index is 12.3. The Morgan fingerprint density at radius 3 is 2.32 bits per heavy atom. The maximum Gasteiger partial charge on any atom is 0.340 e. The fourth-order valence-electron chi connectivity index (χ4n) is 2.50. The molecule has 0 aliphatic heterocycles. The van der Waals surface area contributed by atoms with Crippen LogP contribution in [0.15, 0.2) is 24.3 Å². The summed E-state index contributed by atoms with van der Waals surface area (Å²) in [7, 11) is 1.88. The first-order valence-corrected chi connectivity index (χ1v) is 6.96. The number of hydrogen-bond acceptors (Lipinski definition) is 4. The van der Waals surface area contributed by atoms with Crippen molar-refractivity contribution in [2.45, 2.75) is 20.8 Å². The lowest BCUT2D eigenvalue weighted by Gasteiger charge is -2.06. The second-order valence-corrected chi connectivity index (χ2v) is 5.00. The van der Waals surface area contributed by atoms with E-state index in [1.54, 1.807) is 19.1 Å². The minimum atomic E-state index is -0.445. The lowest BCUT2D eigenvalue weighted by molar-refractivity contribution is -0.384. The maximum absolute atomic E-state index is 12.3. The molecule has 0 radical (unpaired) electrons. The van der Waals surface area contributed by atoms with Crippen molar-refractivity contribution in [2.24, 2.45) is 7.05 Å². The van der Waals surface area contributed by atoms with Crippen LogP contribution in [-0.4, -0.2) is 22.1 Å². The van der Waals surface area contributed by atoms with Gasteiger partial charge in [0, 0.05) is 36.1 Å². The topological polar surface area (TPSA) is 74.4 Å². The quantitative estimate of drug-likeness (QED) is 0.493. The zero-order valence-corrected chi connectivity index (χ0v) is 13.0. The molecule has 0 saturated carbocycles. The highest BCUT2D eigenvalue weighted by Gasteiger charge is 2.24. The van der Waals surface area contributed by atoms with E-state index in [0.29, 0.717) is 12.2 Å². The highest BCUT2D eigenvalue weighted by molar-refractivity contribution is 5.99. The van der Waals surface area contributed by atoms with E-state index in [9.17, 15) is 14.9 Å². The van der Waals surface area contributed by atoms with Crippen molar-refractivity contribution >= 4 is 11.7 Å². The molecule has 2 aromatic rings. The fourth-order valence-corrected chi connectivity index (χ4v) is 2.50. The van der Waals surface area contributed by atoms with Crippen LogP contribution in [0.25, 0.3) is 11.1 Å². The Balaban J connectivity index is 2.61. The van der Waals surface area contributed by atoms with Gasteiger partial charge in [-0.3, -0.25) is 10.1 Å². The number of nitro groups is 1. The molecule has 0 aliphatic rings. The van der Waals surface area contributed by atoms with Crippen molar-refractivity contribution in [2.75, 3.05) is 6.61 Å². The van der Waals surface area contributed by atoms with Gasteiger partial charge in [0.15, 0.2) is 0 Å². The zero-order valence-electron chi connectivity index (χ0n) is 13.0. The van der Waals surface area contributed by atoms with Gasteiger partial charge < -0.3 is 9.30 Å². The Morgan fingerprint density at radius 1 is 1.23 bits per heavy atom. The van der Waals surface area contributed by atoms with Gasteiger partial charge in [0.05, 0.1) is 17.1 Å². The molecule has 0 bridgehead atoms. The molecule has 0 spiro atoms. The molecule has 1 aromatic carbocycles. The molecule has 0 fully saturated rings. The third-order valence-electron chi connectivity index (χ3n) is 3.83. The van der Waals surface area contributed by atoms with Gasteiger partial charge in [-0.15, -0.1) is 0 Å². The third kappa shape index (κ3) is 2.59. The molecule has 116 valence electrons. The smallest absolute Gasteiger partial charge is 0.340 e. The molecular weight excluding hydrogens is 284 g/mol. The fraction of sp³-hybridized carbons (Fsp3) is 0.312. The first kappa shape index (κ1) is 15.8. The number of hydrogen-bond donors (Lipinski definition) is 0. The van der Waals surface area contributed by atoms with Crippen molar-refractivity contribution in [1.82, 2.24) is 4.57 Å². The van der Waals surface area contributed by atoms with Crippen LogP contribution in [0.1, 0.15) is 28.7 Å².